The molecule has 0 bridgehead atoms. The van der Waals surface area contributed by atoms with Gasteiger partial charge in [-0.2, -0.15) is 0 Å². The van der Waals surface area contributed by atoms with Gasteiger partial charge in [-0.15, -0.1) is 0 Å². The van der Waals surface area contributed by atoms with Gasteiger partial charge in [0.25, 0.3) is 0 Å². The molecule has 5 nitrogen and oxygen atoms in total. The molecule has 0 spiro atoms. The number of carbonyl (C=O) groups excluding carboxylic acids is 3. The van der Waals surface area contributed by atoms with E-state index in [1.807, 2.05) is 0 Å². The molecular weight excluding hydrogens is 199 g/mol. The van der Waals surface area contributed by atoms with Gasteiger partial charge in [-0.1, -0.05) is 6.92 Å². The molecule has 0 fully saturated rings. The first-order chi connectivity index (χ1) is 6.04. The van der Waals surface area contributed by atoms with Crippen molar-refractivity contribution in [2.24, 2.45) is 5.92 Å². The quantitative estimate of drug-likeness (QED) is 0.199. The molecule has 0 aromatic rings. The van der Waals surface area contributed by atoms with Crippen LogP contribution < -0.4 is 34.7 Å². The zero-order chi connectivity index (χ0) is 10.4. The van der Waals surface area contributed by atoms with Gasteiger partial charge < -0.3 is 14.6 Å². The topological polar surface area (TPSA) is 83.5 Å². The fraction of sp³-hybridized carbons (Fsp3) is 0.625. The van der Waals surface area contributed by atoms with Gasteiger partial charge in [0.15, 0.2) is 0 Å². The van der Waals surface area contributed by atoms with Crippen LogP contribution in [0, 0.1) is 5.92 Å². The molecule has 0 amide bonds. The molecule has 6 heteroatoms. The Hall–Kier alpha value is -0.390. The van der Waals surface area contributed by atoms with Gasteiger partial charge in [0.2, 0.25) is 5.78 Å². The van der Waals surface area contributed by atoms with Crippen molar-refractivity contribution in [3.8, 4) is 0 Å². The molecule has 0 N–H and O–H groups in total. The first-order valence-corrected chi connectivity index (χ1v) is 3.96. The molecule has 0 aliphatic carbocycles. The molecule has 0 aromatic heterocycles. The van der Waals surface area contributed by atoms with Crippen LogP contribution in [0.3, 0.4) is 0 Å². The van der Waals surface area contributed by atoms with Crippen LogP contribution in [0.5, 0.6) is 0 Å². The molecule has 74 valence electrons. The normalized spacial score (nSPS) is 11.0. The van der Waals surface area contributed by atoms with E-state index in [4.69, 9.17) is 0 Å². The third-order valence-corrected chi connectivity index (χ3v) is 1.49. The van der Waals surface area contributed by atoms with E-state index >= 15 is 0 Å². The standard InChI is InChI=1S/C8H12O5.Na/c1-3-5(7(10)11)6(9)8(12)13-4-2;/h5H,3-4H2,1-2H3,(H,10,11);/q;+1/p-1. The smallest absolute Gasteiger partial charge is 0.549 e. The number of rotatable bonds is 5. The molecule has 1 unspecified atom stereocenters. The Labute approximate surface area is 104 Å². The van der Waals surface area contributed by atoms with Crippen LogP contribution in [0.1, 0.15) is 20.3 Å². The summed E-state index contributed by atoms with van der Waals surface area (Å²) in [5.74, 6) is -5.09. The van der Waals surface area contributed by atoms with E-state index in [0.29, 0.717) is 0 Å². The van der Waals surface area contributed by atoms with Crippen LogP contribution in [-0.4, -0.2) is 24.3 Å². The second-order valence-electron chi connectivity index (χ2n) is 2.36. The Morgan fingerprint density at radius 3 is 2.07 bits per heavy atom. The first-order valence-electron chi connectivity index (χ1n) is 3.96. The SMILES string of the molecule is CCOC(=O)C(=O)C(CC)C(=O)[O-].[Na+]. The van der Waals surface area contributed by atoms with Gasteiger partial charge in [0.1, 0.15) is 0 Å². The van der Waals surface area contributed by atoms with E-state index in [1.54, 1.807) is 0 Å². The Balaban J connectivity index is 0. The second-order valence-corrected chi connectivity index (χ2v) is 2.36. The Morgan fingerprint density at radius 1 is 1.29 bits per heavy atom. The molecule has 0 rings (SSSR count). The number of hydrogen-bond donors (Lipinski definition) is 0. The molecule has 0 aromatic carbocycles. The molecule has 0 heterocycles. The van der Waals surface area contributed by atoms with Crippen LogP contribution >= 0.6 is 0 Å². The number of hydrogen-bond acceptors (Lipinski definition) is 5. The summed E-state index contributed by atoms with van der Waals surface area (Å²) in [7, 11) is 0. The summed E-state index contributed by atoms with van der Waals surface area (Å²) in [6, 6.07) is 0. The Morgan fingerprint density at radius 2 is 1.79 bits per heavy atom. The number of carboxylic acid groups (broad SMARTS) is 1. The average Bonchev–Trinajstić information content (AvgIpc) is 2.05. The number of aliphatic carboxylic acids is 1. The predicted octanol–water partition coefficient (Wildman–Crippen LogP) is -4.10. The third kappa shape index (κ3) is 4.74. The van der Waals surface area contributed by atoms with Crippen molar-refractivity contribution < 1.29 is 53.8 Å². The zero-order valence-electron chi connectivity index (χ0n) is 8.53. The molecule has 0 radical (unpaired) electrons. The number of carbonyl (C=O) groups is 3. The summed E-state index contributed by atoms with van der Waals surface area (Å²) in [6.45, 7) is 3.07. The van der Waals surface area contributed by atoms with Gasteiger partial charge in [-0.3, -0.25) is 4.79 Å². The number of esters is 1. The van der Waals surface area contributed by atoms with Crippen LogP contribution in [-0.2, 0) is 19.1 Å². The van der Waals surface area contributed by atoms with Crippen molar-refractivity contribution in [3.63, 3.8) is 0 Å². The summed E-state index contributed by atoms with van der Waals surface area (Å²) in [6.07, 6.45) is 0.0278. The number of ketones is 1. The summed E-state index contributed by atoms with van der Waals surface area (Å²) < 4.78 is 4.36. The molecule has 0 saturated carbocycles. The summed E-state index contributed by atoms with van der Waals surface area (Å²) in [5.41, 5.74) is 0. The van der Waals surface area contributed by atoms with E-state index in [-0.39, 0.29) is 42.6 Å². The monoisotopic (exact) mass is 210 g/mol. The minimum atomic E-state index is -1.54. The minimum absolute atomic E-state index is 0. The largest absolute Gasteiger partial charge is 1.00 e. The van der Waals surface area contributed by atoms with Crippen molar-refractivity contribution in [1.29, 1.82) is 0 Å². The molecule has 0 saturated heterocycles. The number of ether oxygens (including phenoxy) is 1. The third-order valence-electron chi connectivity index (χ3n) is 1.49. The van der Waals surface area contributed by atoms with E-state index in [2.05, 4.69) is 4.74 Å². The Bertz CT molecular complexity index is 226. The molecule has 0 aliphatic rings. The van der Waals surface area contributed by atoms with E-state index in [0.717, 1.165) is 0 Å². The van der Waals surface area contributed by atoms with Gasteiger partial charge in [-0.25, -0.2) is 4.79 Å². The summed E-state index contributed by atoms with van der Waals surface area (Å²) >= 11 is 0. The number of carboxylic acids is 1. The van der Waals surface area contributed by atoms with Crippen molar-refractivity contribution in [1.82, 2.24) is 0 Å². The van der Waals surface area contributed by atoms with Crippen molar-refractivity contribution in [2.75, 3.05) is 6.61 Å². The average molecular weight is 210 g/mol. The van der Waals surface area contributed by atoms with Crippen molar-refractivity contribution in [2.45, 2.75) is 20.3 Å². The fourth-order valence-corrected chi connectivity index (χ4v) is 0.804. The zero-order valence-corrected chi connectivity index (χ0v) is 10.5. The Kier molecular flexibility index (Phi) is 9.13. The maximum absolute atomic E-state index is 11.0. The molecular formula is C8H11NaO5. The fourth-order valence-electron chi connectivity index (χ4n) is 0.804. The summed E-state index contributed by atoms with van der Waals surface area (Å²) in [5, 5.41) is 10.3. The maximum atomic E-state index is 11.0. The predicted molar refractivity (Wildman–Crippen MR) is 40.4 cm³/mol. The van der Waals surface area contributed by atoms with Gasteiger partial charge in [-0.05, 0) is 13.3 Å². The van der Waals surface area contributed by atoms with Gasteiger partial charge in [0, 0.05) is 0 Å². The van der Waals surface area contributed by atoms with Crippen LogP contribution in [0.15, 0.2) is 0 Å². The van der Waals surface area contributed by atoms with Crippen LogP contribution in [0.25, 0.3) is 0 Å². The van der Waals surface area contributed by atoms with E-state index < -0.39 is 23.6 Å². The molecule has 14 heavy (non-hydrogen) atoms. The minimum Gasteiger partial charge on any atom is -0.549 e. The van der Waals surface area contributed by atoms with Crippen LogP contribution in [0.4, 0.5) is 0 Å². The number of Topliss-reactive ketones (excluding diaryl/α,β-unsaturated/α-hetero) is 1. The second kappa shape index (κ2) is 7.96. The summed E-state index contributed by atoms with van der Waals surface area (Å²) in [4.78, 5) is 32.1. The van der Waals surface area contributed by atoms with Crippen molar-refractivity contribution in [3.05, 3.63) is 0 Å². The molecule has 1 atom stereocenters. The maximum Gasteiger partial charge on any atom is 1.00 e. The van der Waals surface area contributed by atoms with E-state index in [1.165, 1.54) is 13.8 Å². The first kappa shape index (κ1) is 16.1. The van der Waals surface area contributed by atoms with Crippen LogP contribution in [0.2, 0.25) is 0 Å². The van der Waals surface area contributed by atoms with Gasteiger partial charge in [0.05, 0.1) is 18.5 Å². The van der Waals surface area contributed by atoms with Crippen molar-refractivity contribution >= 4 is 17.7 Å². The molecule has 0 aliphatic heterocycles. The van der Waals surface area contributed by atoms with Gasteiger partial charge >= 0.3 is 35.5 Å². The van der Waals surface area contributed by atoms with E-state index in [9.17, 15) is 19.5 Å².